The van der Waals surface area contributed by atoms with Crippen LogP contribution in [0.25, 0.3) is 0 Å². The fourth-order valence-electron chi connectivity index (χ4n) is 4.74. The minimum absolute atomic E-state index is 0.129. The van der Waals surface area contributed by atoms with E-state index in [0.717, 1.165) is 11.3 Å². The van der Waals surface area contributed by atoms with Crippen LogP contribution in [0.4, 0.5) is 10.1 Å². The van der Waals surface area contributed by atoms with E-state index in [2.05, 4.69) is 60.7 Å². The van der Waals surface area contributed by atoms with Gasteiger partial charge in [-0.05, 0) is 66.9 Å². The summed E-state index contributed by atoms with van der Waals surface area (Å²) in [4.78, 5) is 12.9. The molecular weight excluding hydrogens is 505 g/mol. The van der Waals surface area contributed by atoms with Gasteiger partial charge in [-0.25, -0.2) is 4.39 Å². The molecule has 2 heterocycles. The Kier molecular flexibility index (Phi) is 7.56. The SMILES string of the molecule is Cc1nn(Cc2cccc(F)c2)c(C)c1NC(=O)c1ccc(COc2ccc(C(C)(C)c3ccccc3)cc2)o1. The van der Waals surface area contributed by atoms with E-state index in [4.69, 9.17) is 9.15 Å². The van der Waals surface area contributed by atoms with Crippen LogP contribution in [-0.2, 0) is 18.6 Å². The topological polar surface area (TPSA) is 69.3 Å². The normalized spacial score (nSPS) is 11.4. The lowest BCUT2D eigenvalue weighted by molar-refractivity contribution is 0.0992. The Hall–Kier alpha value is -4.65. The second-order valence-corrected chi connectivity index (χ2v) is 10.4. The van der Waals surface area contributed by atoms with E-state index in [1.807, 2.05) is 38.1 Å². The molecule has 0 aliphatic rings. The highest BCUT2D eigenvalue weighted by Gasteiger charge is 2.23. The molecule has 0 aliphatic carbocycles. The number of ether oxygens (including phenoxy) is 1. The molecule has 1 N–H and O–H groups in total. The lowest BCUT2D eigenvalue weighted by atomic mass is 9.78. The molecule has 2 aromatic heterocycles. The predicted octanol–water partition coefficient (Wildman–Crippen LogP) is 7.44. The van der Waals surface area contributed by atoms with Crippen molar-refractivity contribution < 1.29 is 18.3 Å². The summed E-state index contributed by atoms with van der Waals surface area (Å²) < 4.78 is 27.0. The summed E-state index contributed by atoms with van der Waals surface area (Å²) in [5.74, 6) is 0.751. The average molecular weight is 538 g/mol. The largest absolute Gasteiger partial charge is 0.486 e. The third-order valence-electron chi connectivity index (χ3n) is 7.18. The summed E-state index contributed by atoms with van der Waals surface area (Å²) >= 11 is 0. The molecule has 5 aromatic rings. The summed E-state index contributed by atoms with van der Waals surface area (Å²) in [6.07, 6.45) is 0. The van der Waals surface area contributed by atoms with Crippen molar-refractivity contribution in [3.63, 3.8) is 0 Å². The molecule has 6 nitrogen and oxygen atoms in total. The van der Waals surface area contributed by atoms with Crippen LogP contribution in [0.5, 0.6) is 5.75 Å². The first-order valence-electron chi connectivity index (χ1n) is 13.2. The van der Waals surface area contributed by atoms with Crippen LogP contribution in [0.15, 0.2) is 95.4 Å². The van der Waals surface area contributed by atoms with Crippen LogP contribution < -0.4 is 10.1 Å². The zero-order valence-corrected chi connectivity index (χ0v) is 23.1. The van der Waals surface area contributed by atoms with Crippen molar-refractivity contribution in [3.8, 4) is 5.75 Å². The number of benzene rings is 3. The van der Waals surface area contributed by atoms with Crippen molar-refractivity contribution in [1.82, 2.24) is 9.78 Å². The van der Waals surface area contributed by atoms with Crippen LogP contribution in [0.1, 0.15) is 58.2 Å². The fourth-order valence-corrected chi connectivity index (χ4v) is 4.74. The van der Waals surface area contributed by atoms with Crippen molar-refractivity contribution in [2.75, 3.05) is 5.32 Å². The fraction of sp³-hybridized carbons (Fsp3) is 0.212. The Morgan fingerprint density at radius 1 is 0.950 bits per heavy atom. The summed E-state index contributed by atoms with van der Waals surface area (Å²) in [6, 6.07) is 28.2. The molecule has 0 saturated heterocycles. The van der Waals surface area contributed by atoms with Crippen LogP contribution in [-0.4, -0.2) is 15.7 Å². The Morgan fingerprint density at radius 3 is 2.40 bits per heavy atom. The first-order chi connectivity index (χ1) is 19.2. The van der Waals surface area contributed by atoms with E-state index in [-0.39, 0.29) is 29.5 Å². The predicted molar refractivity (Wildman–Crippen MR) is 153 cm³/mol. The second kappa shape index (κ2) is 11.2. The highest BCUT2D eigenvalue weighted by atomic mass is 19.1. The van der Waals surface area contributed by atoms with Crippen molar-refractivity contribution in [2.45, 2.75) is 46.3 Å². The second-order valence-electron chi connectivity index (χ2n) is 10.4. The van der Waals surface area contributed by atoms with E-state index in [1.54, 1.807) is 22.9 Å². The molecule has 7 heteroatoms. The number of furan rings is 1. The van der Waals surface area contributed by atoms with E-state index < -0.39 is 0 Å². The first kappa shape index (κ1) is 26.9. The summed E-state index contributed by atoms with van der Waals surface area (Å²) in [5, 5.41) is 7.42. The highest BCUT2D eigenvalue weighted by molar-refractivity contribution is 6.02. The Bertz CT molecular complexity index is 1620. The molecule has 0 atom stereocenters. The van der Waals surface area contributed by atoms with Crippen LogP contribution >= 0.6 is 0 Å². The third kappa shape index (κ3) is 5.83. The van der Waals surface area contributed by atoms with Gasteiger partial charge in [0.15, 0.2) is 5.76 Å². The molecule has 40 heavy (non-hydrogen) atoms. The third-order valence-corrected chi connectivity index (χ3v) is 7.18. The van der Waals surface area contributed by atoms with Crippen LogP contribution in [0.2, 0.25) is 0 Å². The lowest BCUT2D eigenvalue weighted by Crippen LogP contribution is -2.18. The van der Waals surface area contributed by atoms with Crippen molar-refractivity contribution in [1.29, 1.82) is 0 Å². The van der Waals surface area contributed by atoms with Gasteiger partial charge in [0.05, 0.1) is 23.6 Å². The smallest absolute Gasteiger partial charge is 0.291 e. The molecule has 5 rings (SSSR count). The van der Waals surface area contributed by atoms with Crippen molar-refractivity contribution in [2.24, 2.45) is 0 Å². The Balaban J connectivity index is 1.20. The maximum atomic E-state index is 13.6. The maximum absolute atomic E-state index is 13.6. The Morgan fingerprint density at radius 2 is 1.68 bits per heavy atom. The lowest BCUT2D eigenvalue weighted by Gasteiger charge is -2.26. The zero-order valence-electron chi connectivity index (χ0n) is 23.1. The number of aromatic nitrogens is 2. The van der Waals surface area contributed by atoms with Gasteiger partial charge in [0.1, 0.15) is 23.9 Å². The number of nitrogens with one attached hydrogen (secondary N) is 1. The molecule has 0 aliphatic heterocycles. The number of hydrogen-bond donors (Lipinski definition) is 1. The van der Waals surface area contributed by atoms with Crippen molar-refractivity contribution in [3.05, 3.63) is 136 Å². The molecule has 0 bridgehead atoms. The molecule has 0 fully saturated rings. The quantitative estimate of drug-likeness (QED) is 0.212. The number of anilines is 1. The molecule has 3 aromatic carbocycles. The Labute approximate surface area is 233 Å². The number of carbonyl (C=O) groups excluding carboxylic acids is 1. The van der Waals surface area contributed by atoms with Gasteiger partial charge >= 0.3 is 0 Å². The highest BCUT2D eigenvalue weighted by Crippen LogP contribution is 2.32. The summed E-state index contributed by atoms with van der Waals surface area (Å²) in [5.41, 5.74) is 5.13. The number of amides is 1. The monoisotopic (exact) mass is 537 g/mol. The molecule has 1 amide bonds. The van der Waals surface area contributed by atoms with Gasteiger partial charge in [-0.2, -0.15) is 5.10 Å². The number of halogens is 1. The molecule has 0 saturated carbocycles. The van der Waals surface area contributed by atoms with Crippen LogP contribution in [0, 0.1) is 19.7 Å². The number of hydrogen-bond acceptors (Lipinski definition) is 4. The van der Waals surface area contributed by atoms with Crippen LogP contribution in [0.3, 0.4) is 0 Å². The van der Waals surface area contributed by atoms with E-state index in [9.17, 15) is 9.18 Å². The van der Waals surface area contributed by atoms with Gasteiger partial charge in [-0.15, -0.1) is 0 Å². The van der Waals surface area contributed by atoms with Crippen molar-refractivity contribution >= 4 is 11.6 Å². The van der Waals surface area contributed by atoms with E-state index in [0.29, 0.717) is 29.4 Å². The van der Waals surface area contributed by atoms with Gasteiger partial charge in [-0.1, -0.05) is 68.4 Å². The molecular formula is C33H32FN3O3. The zero-order chi connectivity index (χ0) is 28.3. The van der Waals surface area contributed by atoms with Gasteiger partial charge in [0.25, 0.3) is 5.91 Å². The number of carbonyl (C=O) groups is 1. The molecule has 0 unspecified atom stereocenters. The number of nitrogens with zero attached hydrogens (tertiary/aromatic N) is 2. The average Bonchev–Trinajstić information content (AvgIpc) is 3.53. The van der Waals surface area contributed by atoms with E-state index in [1.165, 1.54) is 23.3 Å². The summed E-state index contributed by atoms with van der Waals surface area (Å²) in [7, 11) is 0. The molecule has 204 valence electrons. The molecule has 0 radical (unpaired) electrons. The van der Waals surface area contributed by atoms with E-state index >= 15 is 0 Å². The first-order valence-corrected chi connectivity index (χ1v) is 13.2. The summed E-state index contributed by atoms with van der Waals surface area (Å²) in [6.45, 7) is 8.67. The van der Waals surface area contributed by atoms with Gasteiger partial charge in [-0.3, -0.25) is 9.48 Å². The molecule has 0 spiro atoms. The standard InChI is InChI=1S/C33H32FN3O3/c1-22-31(23(2)37(36-22)20-24-9-8-12-27(34)19-24)35-32(38)30-18-17-29(40-30)21-39-28-15-13-26(14-16-28)33(3,4)25-10-6-5-7-11-25/h5-19H,20-21H2,1-4H3,(H,35,38). The van der Waals surface area contributed by atoms with Gasteiger partial charge in [0, 0.05) is 5.41 Å². The minimum atomic E-state index is -0.379. The maximum Gasteiger partial charge on any atom is 0.291 e. The van der Waals surface area contributed by atoms with Gasteiger partial charge in [0.2, 0.25) is 0 Å². The minimum Gasteiger partial charge on any atom is -0.486 e. The van der Waals surface area contributed by atoms with Gasteiger partial charge < -0.3 is 14.5 Å². The number of aryl methyl sites for hydroxylation is 1. The number of rotatable bonds is 9.